The lowest BCUT2D eigenvalue weighted by molar-refractivity contribution is 0.304. The third kappa shape index (κ3) is 2.04. The lowest BCUT2D eigenvalue weighted by Gasteiger charge is -1.99. The van der Waals surface area contributed by atoms with Crippen LogP contribution in [0.1, 0.15) is 5.69 Å². The second kappa shape index (κ2) is 4.38. The molecule has 3 N–H and O–H groups in total. The number of nitrogens with two attached hydrogens (primary N) is 1. The first-order chi connectivity index (χ1) is 8.13. The van der Waals surface area contributed by atoms with E-state index in [1.54, 1.807) is 0 Å². The minimum absolute atomic E-state index is 0.0511. The molecule has 0 radical (unpaired) electrons. The van der Waals surface area contributed by atoms with Gasteiger partial charge in [-0.05, 0) is 28.5 Å². The van der Waals surface area contributed by atoms with Crippen LogP contribution in [0.3, 0.4) is 0 Å². The van der Waals surface area contributed by atoms with Crippen molar-refractivity contribution in [3.63, 3.8) is 0 Å². The van der Waals surface area contributed by atoms with Gasteiger partial charge in [-0.25, -0.2) is 9.02 Å². The van der Waals surface area contributed by atoms with Crippen molar-refractivity contribution in [3.8, 4) is 11.3 Å². The third-order valence-corrected chi connectivity index (χ3v) is 2.32. The Labute approximate surface area is 99.4 Å². The zero-order chi connectivity index (χ0) is 12.4. The number of amidine groups is 1. The highest BCUT2D eigenvalue weighted by Gasteiger charge is 2.17. The smallest absolute Gasteiger partial charge is 0.194 e. The van der Waals surface area contributed by atoms with E-state index < -0.39 is 5.82 Å². The summed E-state index contributed by atoms with van der Waals surface area (Å²) >= 11 is 5.63. The van der Waals surface area contributed by atoms with Gasteiger partial charge in [0.05, 0.1) is 5.02 Å². The van der Waals surface area contributed by atoms with Gasteiger partial charge in [0.2, 0.25) is 0 Å². The maximum absolute atomic E-state index is 13.0. The van der Waals surface area contributed by atoms with Crippen molar-refractivity contribution in [2.45, 2.75) is 0 Å². The topological polar surface area (TPSA) is 97.5 Å². The minimum Gasteiger partial charge on any atom is -0.409 e. The molecule has 17 heavy (non-hydrogen) atoms. The molecule has 2 aromatic rings. The molecule has 0 saturated carbocycles. The number of benzene rings is 1. The Hall–Kier alpha value is -2.15. The molecule has 0 fully saturated rings. The number of oxime groups is 1. The molecule has 0 unspecified atom stereocenters. The Kier molecular flexibility index (Phi) is 2.92. The third-order valence-electron chi connectivity index (χ3n) is 2.03. The second-order valence-electron chi connectivity index (χ2n) is 3.08. The molecule has 1 aromatic carbocycles. The maximum atomic E-state index is 13.0. The quantitative estimate of drug-likeness (QED) is 0.368. The molecule has 1 aromatic heterocycles. The number of hydrogen-bond donors (Lipinski definition) is 2. The minimum atomic E-state index is -0.558. The van der Waals surface area contributed by atoms with Gasteiger partial charge in [0.15, 0.2) is 11.5 Å². The lowest BCUT2D eigenvalue weighted by atomic mass is 10.1. The van der Waals surface area contributed by atoms with E-state index in [-0.39, 0.29) is 22.2 Å². The number of rotatable bonds is 2. The SMILES string of the molecule is NC(=NO)c1nonc1-c1ccc(F)c(Cl)c1. The molecule has 2 rings (SSSR count). The summed E-state index contributed by atoms with van der Waals surface area (Å²) in [5.41, 5.74) is 6.08. The molecule has 0 aliphatic heterocycles. The number of halogens is 2. The molecular formula is C9H6ClFN4O2. The number of aromatic nitrogens is 2. The van der Waals surface area contributed by atoms with Gasteiger partial charge in [-0.2, -0.15) is 0 Å². The summed E-state index contributed by atoms with van der Waals surface area (Å²) in [6.07, 6.45) is 0. The normalized spacial score (nSPS) is 11.8. The molecule has 88 valence electrons. The standard InChI is InChI=1S/C9H6ClFN4O2/c10-5-3-4(1-2-6(5)11)7-8(9(12)13-16)15-17-14-7/h1-3,16H,(H2,12,13). The molecule has 0 spiro atoms. The summed E-state index contributed by atoms with van der Waals surface area (Å²) in [6, 6.07) is 3.93. The van der Waals surface area contributed by atoms with Gasteiger partial charge in [-0.15, -0.1) is 0 Å². The average molecular weight is 257 g/mol. The largest absolute Gasteiger partial charge is 0.409 e. The van der Waals surface area contributed by atoms with Crippen LogP contribution in [0.4, 0.5) is 4.39 Å². The van der Waals surface area contributed by atoms with Crippen LogP contribution in [0, 0.1) is 5.82 Å². The first-order valence-electron chi connectivity index (χ1n) is 4.39. The Morgan fingerprint density at radius 3 is 2.88 bits per heavy atom. The van der Waals surface area contributed by atoms with Crippen LogP contribution in [0.25, 0.3) is 11.3 Å². The van der Waals surface area contributed by atoms with Crippen LogP contribution in [0.5, 0.6) is 0 Å². The summed E-state index contributed by atoms with van der Waals surface area (Å²) in [4.78, 5) is 0. The monoisotopic (exact) mass is 256 g/mol. The molecule has 0 amide bonds. The van der Waals surface area contributed by atoms with Crippen molar-refractivity contribution in [1.29, 1.82) is 0 Å². The summed E-state index contributed by atoms with van der Waals surface area (Å²) in [5, 5.41) is 18.3. The first-order valence-corrected chi connectivity index (χ1v) is 4.77. The second-order valence-corrected chi connectivity index (χ2v) is 3.48. The first kappa shape index (κ1) is 11.3. The molecule has 8 heteroatoms. The lowest BCUT2D eigenvalue weighted by Crippen LogP contribution is -2.14. The molecule has 0 bridgehead atoms. The van der Waals surface area contributed by atoms with Crippen LogP contribution in [0.15, 0.2) is 28.0 Å². The molecule has 0 saturated heterocycles. The van der Waals surface area contributed by atoms with Crippen molar-refractivity contribution in [1.82, 2.24) is 10.3 Å². The highest BCUT2D eigenvalue weighted by molar-refractivity contribution is 6.31. The van der Waals surface area contributed by atoms with E-state index in [4.69, 9.17) is 22.5 Å². The van der Waals surface area contributed by atoms with Crippen LogP contribution in [-0.4, -0.2) is 21.4 Å². The molecule has 6 nitrogen and oxygen atoms in total. The van der Waals surface area contributed by atoms with Crippen molar-refractivity contribution >= 4 is 17.4 Å². The van der Waals surface area contributed by atoms with Gasteiger partial charge in [0.25, 0.3) is 0 Å². The van der Waals surface area contributed by atoms with Crippen molar-refractivity contribution in [2.75, 3.05) is 0 Å². The van der Waals surface area contributed by atoms with Gasteiger partial charge in [0.1, 0.15) is 11.5 Å². The van der Waals surface area contributed by atoms with E-state index in [9.17, 15) is 4.39 Å². The number of nitrogens with zero attached hydrogens (tertiary/aromatic N) is 3. The molecular weight excluding hydrogens is 251 g/mol. The van der Waals surface area contributed by atoms with E-state index in [2.05, 4.69) is 20.1 Å². The van der Waals surface area contributed by atoms with Crippen molar-refractivity contribution in [3.05, 3.63) is 34.7 Å². The zero-order valence-electron chi connectivity index (χ0n) is 8.26. The van der Waals surface area contributed by atoms with Crippen LogP contribution in [-0.2, 0) is 0 Å². The summed E-state index contributed by atoms with van der Waals surface area (Å²) in [7, 11) is 0. The predicted octanol–water partition coefficient (Wildman–Crippen LogP) is 1.62. The summed E-state index contributed by atoms with van der Waals surface area (Å²) in [6.45, 7) is 0. The van der Waals surface area contributed by atoms with Crippen molar-refractivity contribution < 1.29 is 14.2 Å². The highest BCUT2D eigenvalue weighted by Crippen LogP contribution is 2.25. The molecule has 0 aliphatic rings. The fourth-order valence-corrected chi connectivity index (χ4v) is 1.42. The van der Waals surface area contributed by atoms with E-state index in [0.29, 0.717) is 5.56 Å². The van der Waals surface area contributed by atoms with Gasteiger partial charge in [-0.1, -0.05) is 16.8 Å². The van der Waals surface area contributed by atoms with Crippen LogP contribution >= 0.6 is 11.6 Å². The molecule has 0 atom stereocenters. The number of hydrogen-bond acceptors (Lipinski definition) is 5. The molecule has 1 heterocycles. The van der Waals surface area contributed by atoms with Crippen LogP contribution < -0.4 is 5.73 Å². The Bertz CT molecular complexity index is 584. The summed E-state index contributed by atoms with van der Waals surface area (Å²) in [5.74, 6) is -0.820. The summed E-state index contributed by atoms with van der Waals surface area (Å²) < 4.78 is 17.5. The predicted molar refractivity (Wildman–Crippen MR) is 57.2 cm³/mol. The Morgan fingerprint density at radius 1 is 1.47 bits per heavy atom. The van der Waals surface area contributed by atoms with Gasteiger partial charge >= 0.3 is 0 Å². The van der Waals surface area contributed by atoms with E-state index in [1.807, 2.05) is 0 Å². The van der Waals surface area contributed by atoms with Gasteiger partial charge < -0.3 is 10.9 Å². The maximum Gasteiger partial charge on any atom is 0.194 e. The zero-order valence-corrected chi connectivity index (χ0v) is 9.02. The highest BCUT2D eigenvalue weighted by atomic mass is 35.5. The van der Waals surface area contributed by atoms with E-state index >= 15 is 0 Å². The van der Waals surface area contributed by atoms with Gasteiger partial charge in [0, 0.05) is 5.56 Å². The Balaban J connectivity index is 2.54. The van der Waals surface area contributed by atoms with Crippen LogP contribution in [0.2, 0.25) is 5.02 Å². The van der Waals surface area contributed by atoms with Crippen molar-refractivity contribution in [2.24, 2.45) is 10.9 Å². The fraction of sp³-hybridized carbons (Fsp3) is 0. The Morgan fingerprint density at radius 2 is 2.24 bits per heavy atom. The molecule has 0 aliphatic carbocycles. The van der Waals surface area contributed by atoms with E-state index in [0.717, 1.165) is 0 Å². The van der Waals surface area contributed by atoms with E-state index in [1.165, 1.54) is 18.2 Å². The van der Waals surface area contributed by atoms with Gasteiger partial charge in [-0.3, -0.25) is 0 Å². The average Bonchev–Trinajstić information content (AvgIpc) is 2.80. The fourth-order valence-electron chi connectivity index (χ4n) is 1.24.